The van der Waals surface area contributed by atoms with Crippen molar-refractivity contribution in [1.82, 2.24) is 10.3 Å². The lowest BCUT2D eigenvalue weighted by atomic mass is 10.2. The minimum atomic E-state index is -0.0230. The molecule has 2 aromatic heterocycles. The summed E-state index contributed by atoms with van der Waals surface area (Å²) in [7, 11) is 0. The summed E-state index contributed by atoms with van der Waals surface area (Å²) in [5.41, 5.74) is 7.67. The Morgan fingerprint density at radius 3 is 3.15 bits per heavy atom. The molecule has 0 saturated heterocycles. The summed E-state index contributed by atoms with van der Waals surface area (Å²) in [5.74, 6) is 0.576. The highest BCUT2D eigenvalue weighted by Gasteiger charge is 2.28. The van der Waals surface area contributed by atoms with Gasteiger partial charge < -0.3 is 15.5 Å². The van der Waals surface area contributed by atoms with E-state index in [-0.39, 0.29) is 11.9 Å². The zero-order chi connectivity index (χ0) is 13.9. The Bertz CT molecular complexity index is 575. The molecule has 3 rings (SSSR count). The second kappa shape index (κ2) is 5.76. The minimum Gasteiger partial charge on any atom is -0.472 e. The highest BCUT2D eigenvalue weighted by atomic mass is 32.1. The van der Waals surface area contributed by atoms with Crippen LogP contribution < -0.4 is 11.1 Å². The second-order valence-electron chi connectivity index (χ2n) is 5.14. The number of hydrogen-bond acceptors (Lipinski definition) is 5. The number of aromatic nitrogens is 1. The fourth-order valence-corrected chi connectivity index (χ4v) is 2.86. The molecule has 2 aromatic rings. The largest absolute Gasteiger partial charge is 0.472 e. The third kappa shape index (κ3) is 3.26. The summed E-state index contributed by atoms with van der Waals surface area (Å²) in [4.78, 5) is 16.3. The molecule has 1 atom stereocenters. The molecule has 6 heteroatoms. The van der Waals surface area contributed by atoms with Crippen LogP contribution >= 0.6 is 11.3 Å². The monoisotopic (exact) mass is 291 g/mol. The summed E-state index contributed by atoms with van der Waals surface area (Å²) in [5, 5.41) is 5.66. The van der Waals surface area contributed by atoms with E-state index >= 15 is 0 Å². The van der Waals surface area contributed by atoms with Gasteiger partial charge in [-0.15, -0.1) is 11.3 Å². The first kappa shape index (κ1) is 13.3. The summed E-state index contributed by atoms with van der Waals surface area (Å²) in [6, 6.07) is 1.95. The quantitative estimate of drug-likeness (QED) is 0.850. The van der Waals surface area contributed by atoms with Crippen molar-refractivity contribution in [2.24, 2.45) is 11.7 Å². The molecule has 1 fully saturated rings. The Kier molecular flexibility index (Phi) is 3.84. The number of carbonyl (C=O) groups excluding carboxylic acids is 1. The van der Waals surface area contributed by atoms with Crippen molar-refractivity contribution in [3.8, 4) is 10.6 Å². The number of carbonyl (C=O) groups is 1. The number of rotatable bonds is 6. The Morgan fingerprint density at radius 2 is 2.45 bits per heavy atom. The molecule has 3 N–H and O–H groups in total. The van der Waals surface area contributed by atoms with Crippen molar-refractivity contribution in [2.75, 3.05) is 6.54 Å². The van der Waals surface area contributed by atoms with Crippen LogP contribution in [0.5, 0.6) is 0 Å². The van der Waals surface area contributed by atoms with Gasteiger partial charge in [-0.2, -0.15) is 0 Å². The first-order chi connectivity index (χ1) is 9.72. The maximum Gasteiger partial charge on any atom is 0.226 e. The van der Waals surface area contributed by atoms with E-state index in [1.807, 2.05) is 11.4 Å². The molecule has 2 heterocycles. The van der Waals surface area contributed by atoms with Crippen LogP contribution in [0.25, 0.3) is 10.6 Å². The van der Waals surface area contributed by atoms with Gasteiger partial charge in [-0.3, -0.25) is 4.79 Å². The molecule has 1 aliphatic carbocycles. The fourth-order valence-electron chi connectivity index (χ4n) is 2.06. The standard InChI is InChI=1S/C14H17N3O2S/c15-12(9-1-2-9)6-16-13(18)5-11-8-20-14(17-11)10-3-4-19-7-10/h3-4,7-9,12H,1-2,5-6,15H2,(H,16,18). The third-order valence-corrected chi connectivity index (χ3v) is 4.36. The third-order valence-electron chi connectivity index (χ3n) is 3.42. The summed E-state index contributed by atoms with van der Waals surface area (Å²) in [6.45, 7) is 0.558. The van der Waals surface area contributed by atoms with Gasteiger partial charge >= 0.3 is 0 Å². The zero-order valence-corrected chi connectivity index (χ0v) is 11.9. The molecule has 1 aliphatic rings. The van der Waals surface area contributed by atoms with Gasteiger partial charge in [-0.25, -0.2) is 4.98 Å². The Morgan fingerprint density at radius 1 is 1.60 bits per heavy atom. The molecule has 1 unspecified atom stereocenters. The lowest BCUT2D eigenvalue weighted by Gasteiger charge is -2.10. The normalized spacial score (nSPS) is 16.1. The van der Waals surface area contributed by atoms with Gasteiger partial charge in [0.1, 0.15) is 11.3 Å². The van der Waals surface area contributed by atoms with Gasteiger partial charge in [-0.1, -0.05) is 0 Å². The number of amides is 1. The number of thiazole rings is 1. The van der Waals surface area contributed by atoms with Crippen molar-refractivity contribution in [3.63, 3.8) is 0 Å². The molecule has 0 aromatic carbocycles. The van der Waals surface area contributed by atoms with E-state index in [0.29, 0.717) is 18.9 Å². The van der Waals surface area contributed by atoms with Crippen LogP contribution in [0.15, 0.2) is 28.4 Å². The molecule has 0 aliphatic heterocycles. The van der Waals surface area contributed by atoms with Crippen LogP contribution in [0.2, 0.25) is 0 Å². The predicted octanol–water partition coefficient (Wildman–Crippen LogP) is 1.80. The van der Waals surface area contributed by atoms with E-state index in [1.54, 1.807) is 12.5 Å². The Balaban J connectivity index is 1.51. The number of hydrogen-bond donors (Lipinski definition) is 2. The van der Waals surface area contributed by atoms with Crippen LogP contribution in [0.4, 0.5) is 0 Å². The Labute approximate surface area is 121 Å². The lowest BCUT2D eigenvalue weighted by molar-refractivity contribution is -0.120. The van der Waals surface area contributed by atoms with Crippen molar-refractivity contribution in [2.45, 2.75) is 25.3 Å². The van der Waals surface area contributed by atoms with Gasteiger partial charge in [0.15, 0.2) is 0 Å². The molecule has 1 amide bonds. The average molecular weight is 291 g/mol. The van der Waals surface area contributed by atoms with E-state index in [2.05, 4.69) is 10.3 Å². The first-order valence-electron chi connectivity index (χ1n) is 6.71. The number of nitrogens with two attached hydrogens (primary N) is 1. The molecule has 106 valence electrons. The van der Waals surface area contributed by atoms with Crippen molar-refractivity contribution >= 4 is 17.2 Å². The molecule has 1 saturated carbocycles. The van der Waals surface area contributed by atoms with E-state index in [0.717, 1.165) is 16.3 Å². The minimum absolute atomic E-state index is 0.0230. The summed E-state index contributed by atoms with van der Waals surface area (Å²) in [6.07, 6.45) is 5.94. The van der Waals surface area contributed by atoms with Gasteiger partial charge in [0.05, 0.1) is 18.4 Å². The maximum absolute atomic E-state index is 11.8. The van der Waals surface area contributed by atoms with Crippen LogP contribution in [0, 0.1) is 5.92 Å². The van der Waals surface area contributed by atoms with E-state index in [9.17, 15) is 4.79 Å². The van der Waals surface area contributed by atoms with Crippen LogP contribution in [-0.2, 0) is 11.2 Å². The molecule has 0 bridgehead atoms. The van der Waals surface area contributed by atoms with Crippen LogP contribution in [-0.4, -0.2) is 23.5 Å². The van der Waals surface area contributed by atoms with Crippen LogP contribution in [0.3, 0.4) is 0 Å². The number of furan rings is 1. The lowest BCUT2D eigenvalue weighted by Crippen LogP contribution is -2.39. The predicted molar refractivity (Wildman–Crippen MR) is 77.2 cm³/mol. The topological polar surface area (TPSA) is 81.1 Å². The summed E-state index contributed by atoms with van der Waals surface area (Å²) < 4.78 is 5.03. The number of nitrogens with zero attached hydrogens (tertiary/aromatic N) is 1. The van der Waals surface area contributed by atoms with E-state index in [4.69, 9.17) is 10.2 Å². The highest BCUT2D eigenvalue weighted by Crippen LogP contribution is 2.31. The van der Waals surface area contributed by atoms with Gasteiger partial charge in [0.2, 0.25) is 5.91 Å². The second-order valence-corrected chi connectivity index (χ2v) is 6.00. The number of nitrogens with one attached hydrogen (secondary N) is 1. The maximum atomic E-state index is 11.8. The fraction of sp³-hybridized carbons (Fsp3) is 0.429. The Hall–Kier alpha value is -1.66. The van der Waals surface area contributed by atoms with Gasteiger partial charge in [0, 0.05) is 23.5 Å². The van der Waals surface area contributed by atoms with Crippen molar-refractivity contribution < 1.29 is 9.21 Å². The van der Waals surface area contributed by atoms with Crippen molar-refractivity contribution in [1.29, 1.82) is 0 Å². The first-order valence-corrected chi connectivity index (χ1v) is 7.59. The SMILES string of the molecule is NC(CNC(=O)Cc1csc(-c2ccoc2)n1)C1CC1. The van der Waals surface area contributed by atoms with Gasteiger partial charge in [0.25, 0.3) is 0 Å². The van der Waals surface area contributed by atoms with Gasteiger partial charge in [-0.05, 0) is 24.8 Å². The summed E-state index contributed by atoms with van der Waals surface area (Å²) >= 11 is 1.51. The van der Waals surface area contributed by atoms with E-state index in [1.165, 1.54) is 24.2 Å². The zero-order valence-electron chi connectivity index (χ0n) is 11.0. The molecular formula is C14H17N3O2S. The van der Waals surface area contributed by atoms with Crippen molar-refractivity contribution in [3.05, 3.63) is 29.7 Å². The average Bonchev–Trinajstić information content (AvgIpc) is 2.96. The molecule has 5 nitrogen and oxygen atoms in total. The molecule has 0 radical (unpaired) electrons. The van der Waals surface area contributed by atoms with Crippen LogP contribution in [0.1, 0.15) is 18.5 Å². The molecular weight excluding hydrogens is 274 g/mol. The van der Waals surface area contributed by atoms with E-state index < -0.39 is 0 Å². The highest BCUT2D eigenvalue weighted by molar-refractivity contribution is 7.13. The smallest absolute Gasteiger partial charge is 0.226 e. The molecule has 0 spiro atoms. The molecule has 20 heavy (non-hydrogen) atoms.